The summed E-state index contributed by atoms with van der Waals surface area (Å²) in [4.78, 5) is 24.2. The van der Waals surface area contributed by atoms with E-state index in [1.165, 1.54) is 26.4 Å². The molecule has 0 unspecified atom stereocenters. The number of ether oxygens (including phenoxy) is 2. The average Bonchev–Trinajstić information content (AvgIpc) is 3.05. The standard InChI is InChI=1S/C18H17F3O4/c1-11(12-4-6-14(7-5-12)18(19,20)21)13-8-9-17(10-13,15(22)24-2)16(23)25-3/h4-8H,1,9-10H2,2-3H3. The Hall–Kier alpha value is -2.57. The van der Waals surface area contributed by atoms with E-state index >= 15 is 0 Å². The second-order valence-electron chi connectivity index (χ2n) is 5.73. The highest BCUT2D eigenvalue weighted by atomic mass is 19.4. The Labute approximate surface area is 142 Å². The van der Waals surface area contributed by atoms with Crippen molar-refractivity contribution < 1.29 is 32.2 Å². The fourth-order valence-corrected chi connectivity index (χ4v) is 2.83. The average molecular weight is 354 g/mol. The Bertz CT molecular complexity index is 714. The van der Waals surface area contributed by atoms with Crippen molar-refractivity contribution in [2.75, 3.05) is 14.2 Å². The molecule has 4 nitrogen and oxygen atoms in total. The summed E-state index contributed by atoms with van der Waals surface area (Å²) < 4.78 is 47.4. The number of rotatable bonds is 4. The molecule has 134 valence electrons. The minimum Gasteiger partial charge on any atom is -0.468 e. The molecule has 0 N–H and O–H groups in total. The molecule has 0 saturated carbocycles. The topological polar surface area (TPSA) is 52.6 Å². The van der Waals surface area contributed by atoms with Gasteiger partial charge in [-0.05, 0) is 41.7 Å². The van der Waals surface area contributed by atoms with Crippen LogP contribution in [0.2, 0.25) is 0 Å². The molecule has 0 saturated heterocycles. The van der Waals surface area contributed by atoms with Gasteiger partial charge in [-0.25, -0.2) is 0 Å². The first kappa shape index (κ1) is 18.8. The lowest BCUT2D eigenvalue weighted by Crippen LogP contribution is -2.39. The van der Waals surface area contributed by atoms with E-state index in [1.54, 1.807) is 6.08 Å². The molecule has 0 aliphatic heterocycles. The number of halogens is 3. The number of carbonyl (C=O) groups excluding carboxylic acids is 2. The lowest BCUT2D eigenvalue weighted by Gasteiger charge is -2.23. The summed E-state index contributed by atoms with van der Waals surface area (Å²) in [6.45, 7) is 3.88. The molecule has 25 heavy (non-hydrogen) atoms. The Morgan fingerprint density at radius 2 is 1.60 bits per heavy atom. The SMILES string of the molecule is C=C(C1=CCC(C(=O)OC)(C(=O)OC)C1)c1ccc(C(F)(F)F)cc1. The second kappa shape index (κ2) is 6.74. The van der Waals surface area contributed by atoms with Crippen molar-refractivity contribution in [2.24, 2.45) is 5.41 Å². The van der Waals surface area contributed by atoms with Crippen LogP contribution in [0.3, 0.4) is 0 Å². The molecule has 7 heteroatoms. The number of esters is 2. The van der Waals surface area contributed by atoms with Crippen LogP contribution in [0.4, 0.5) is 13.2 Å². The van der Waals surface area contributed by atoms with Crippen LogP contribution in [0.1, 0.15) is 24.0 Å². The van der Waals surface area contributed by atoms with Gasteiger partial charge < -0.3 is 9.47 Å². The Kier molecular flexibility index (Phi) is 5.06. The number of carbonyl (C=O) groups is 2. The number of methoxy groups -OCH3 is 2. The van der Waals surface area contributed by atoms with E-state index in [-0.39, 0.29) is 12.8 Å². The van der Waals surface area contributed by atoms with Crippen molar-refractivity contribution in [3.63, 3.8) is 0 Å². The highest BCUT2D eigenvalue weighted by molar-refractivity contribution is 6.02. The number of benzene rings is 1. The van der Waals surface area contributed by atoms with E-state index in [0.29, 0.717) is 16.7 Å². The van der Waals surface area contributed by atoms with Crippen LogP contribution in [0.15, 0.2) is 42.5 Å². The van der Waals surface area contributed by atoms with E-state index in [1.807, 2.05) is 0 Å². The van der Waals surface area contributed by atoms with Gasteiger partial charge in [-0.15, -0.1) is 0 Å². The van der Waals surface area contributed by atoms with Crippen LogP contribution >= 0.6 is 0 Å². The molecule has 0 aromatic heterocycles. The smallest absolute Gasteiger partial charge is 0.416 e. The third-order valence-corrected chi connectivity index (χ3v) is 4.29. The molecule has 1 aliphatic rings. The molecule has 1 aliphatic carbocycles. The van der Waals surface area contributed by atoms with Crippen molar-refractivity contribution in [1.82, 2.24) is 0 Å². The maximum absolute atomic E-state index is 12.6. The number of hydrogen-bond donors (Lipinski definition) is 0. The van der Waals surface area contributed by atoms with Gasteiger partial charge in [0, 0.05) is 0 Å². The highest BCUT2D eigenvalue weighted by Crippen LogP contribution is 2.44. The Morgan fingerprint density at radius 1 is 1.08 bits per heavy atom. The molecule has 0 fully saturated rings. The summed E-state index contributed by atoms with van der Waals surface area (Å²) in [5, 5.41) is 0. The first-order chi connectivity index (χ1) is 11.7. The lowest BCUT2D eigenvalue weighted by molar-refractivity contribution is -0.168. The van der Waals surface area contributed by atoms with E-state index < -0.39 is 29.1 Å². The summed E-state index contributed by atoms with van der Waals surface area (Å²) in [6, 6.07) is 4.54. The first-order valence-corrected chi connectivity index (χ1v) is 7.38. The van der Waals surface area contributed by atoms with Gasteiger partial charge >= 0.3 is 18.1 Å². The van der Waals surface area contributed by atoms with Gasteiger partial charge in [0.1, 0.15) is 0 Å². The number of allylic oxidation sites excluding steroid dienone is 3. The molecule has 0 amide bonds. The van der Waals surface area contributed by atoms with E-state index in [4.69, 9.17) is 9.47 Å². The number of hydrogen-bond acceptors (Lipinski definition) is 4. The quantitative estimate of drug-likeness (QED) is 0.610. The predicted octanol–water partition coefficient (Wildman–Crippen LogP) is 3.77. The zero-order chi connectivity index (χ0) is 18.8. The van der Waals surface area contributed by atoms with Gasteiger partial charge in [-0.3, -0.25) is 9.59 Å². The van der Waals surface area contributed by atoms with Crippen molar-refractivity contribution in [1.29, 1.82) is 0 Å². The van der Waals surface area contributed by atoms with Crippen LogP contribution in [0, 0.1) is 5.41 Å². The third-order valence-electron chi connectivity index (χ3n) is 4.29. The van der Waals surface area contributed by atoms with Gasteiger partial charge in [0.2, 0.25) is 0 Å². The van der Waals surface area contributed by atoms with Crippen molar-refractivity contribution in [3.05, 3.63) is 53.6 Å². The molecule has 1 aromatic carbocycles. The predicted molar refractivity (Wildman–Crippen MR) is 84.3 cm³/mol. The number of alkyl halides is 3. The molecular formula is C18H17F3O4. The Morgan fingerprint density at radius 3 is 2.04 bits per heavy atom. The minimum absolute atomic E-state index is 0.0200. The summed E-state index contributed by atoms with van der Waals surface area (Å²) in [6.07, 6.45) is -2.65. The summed E-state index contributed by atoms with van der Waals surface area (Å²) in [5.41, 5.74) is -0.722. The van der Waals surface area contributed by atoms with Crippen LogP contribution in [-0.2, 0) is 25.2 Å². The van der Waals surface area contributed by atoms with E-state index in [2.05, 4.69) is 6.58 Å². The fraction of sp³-hybridized carbons (Fsp3) is 0.333. The maximum Gasteiger partial charge on any atom is 0.416 e. The molecule has 0 atom stereocenters. The first-order valence-electron chi connectivity index (χ1n) is 7.38. The van der Waals surface area contributed by atoms with Crippen LogP contribution in [0.5, 0.6) is 0 Å². The van der Waals surface area contributed by atoms with E-state index in [0.717, 1.165) is 12.1 Å². The van der Waals surface area contributed by atoms with Crippen LogP contribution < -0.4 is 0 Å². The normalized spacial score (nSPS) is 16.1. The largest absolute Gasteiger partial charge is 0.468 e. The van der Waals surface area contributed by atoms with Gasteiger partial charge in [-0.1, -0.05) is 24.8 Å². The van der Waals surface area contributed by atoms with Gasteiger partial charge in [0.25, 0.3) is 0 Å². The van der Waals surface area contributed by atoms with Gasteiger partial charge in [-0.2, -0.15) is 13.2 Å². The zero-order valence-electron chi connectivity index (χ0n) is 13.8. The maximum atomic E-state index is 12.6. The molecule has 0 bridgehead atoms. The van der Waals surface area contributed by atoms with Crippen molar-refractivity contribution in [3.8, 4) is 0 Å². The molecule has 0 radical (unpaired) electrons. The molecule has 1 aromatic rings. The van der Waals surface area contributed by atoms with Gasteiger partial charge in [0.15, 0.2) is 5.41 Å². The Balaban J connectivity index is 2.24. The molecule has 0 heterocycles. The summed E-state index contributed by atoms with van der Waals surface area (Å²) in [7, 11) is 2.35. The van der Waals surface area contributed by atoms with Crippen molar-refractivity contribution >= 4 is 17.5 Å². The summed E-state index contributed by atoms with van der Waals surface area (Å²) >= 11 is 0. The molecule has 0 spiro atoms. The monoisotopic (exact) mass is 354 g/mol. The fourth-order valence-electron chi connectivity index (χ4n) is 2.83. The van der Waals surface area contributed by atoms with Crippen molar-refractivity contribution in [2.45, 2.75) is 19.0 Å². The van der Waals surface area contributed by atoms with Crippen LogP contribution in [-0.4, -0.2) is 26.2 Å². The van der Waals surface area contributed by atoms with Gasteiger partial charge in [0.05, 0.1) is 19.8 Å². The zero-order valence-corrected chi connectivity index (χ0v) is 13.8. The second-order valence-corrected chi connectivity index (χ2v) is 5.73. The highest BCUT2D eigenvalue weighted by Gasteiger charge is 2.51. The minimum atomic E-state index is -4.42. The van der Waals surface area contributed by atoms with Crippen LogP contribution in [0.25, 0.3) is 5.57 Å². The molecule has 2 rings (SSSR count). The van der Waals surface area contributed by atoms with E-state index in [9.17, 15) is 22.8 Å². The third kappa shape index (κ3) is 3.45. The molecular weight excluding hydrogens is 337 g/mol. The lowest BCUT2D eigenvalue weighted by atomic mass is 9.83. The summed E-state index contributed by atoms with van der Waals surface area (Å²) in [5.74, 6) is -1.43.